The summed E-state index contributed by atoms with van der Waals surface area (Å²) in [5.74, 6) is -0.453. The average molecular weight is 338 g/mol. The smallest absolute Gasteiger partial charge is 0.360 e. The Morgan fingerprint density at radius 3 is 2.80 bits per heavy atom. The predicted molar refractivity (Wildman–Crippen MR) is 92.9 cm³/mol. The molecule has 0 saturated heterocycles. The van der Waals surface area contributed by atoms with Crippen LogP contribution in [-0.2, 0) is 4.74 Å². The van der Waals surface area contributed by atoms with E-state index in [4.69, 9.17) is 4.74 Å². The quantitative estimate of drug-likeness (QED) is 0.569. The third-order valence-electron chi connectivity index (χ3n) is 3.68. The molecule has 0 amide bonds. The normalized spacial score (nSPS) is 11.3. The summed E-state index contributed by atoms with van der Waals surface area (Å²) in [6, 6.07) is 8.92. The third-order valence-corrected chi connectivity index (χ3v) is 3.68. The van der Waals surface area contributed by atoms with Gasteiger partial charge in [0.15, 0.2) is 22.9 Å². The Balaban J connectivity index is 2.13. The topological polar surface area (TPSA) is 88.5 Å². The van der Waals surface area contributed by atoms with Crippen LogP contribution in [0.5, 0.6) is 5.75 Å². The molecule has 7 nitrogen and oxygen atoms in total. The van der Waals surface area contributed by atoms with Gasteiger partial charge in [0, 0.05) is 6.20 Å². The van der Waals surface area contributed by atoms with Gasteiger partial charge in [0.2, 0.25) is 0 Å². The van der Waals surface area contributed by atoms with Crippen LogP contribution in [0.1, 0.15) is 28.5 Å². The van der Waals surface area contributed by atoms with Crippen LogP contribution in [0.15, 0.2) is 46.8 Å². The Morgan fingerprint density at radius 1 is 1.28 bits per heavy atom. The highest BCUT2D eigenvalue weighted by Gasteiger charge is 2.21. The summed E-state index contributed by atoms with van der Waals surface area (Å²) in [4.78, 5) is 16.4. The molecule has 3 rings (SSSR count). The summed E-state index contributed by atoms with van der Waals surface area (Å²) in [5.41, 5.74) is 3.02. The fourth-order valence-electron chi connectivity index (χ4n) is 2.49. The van der Waals surface area contributed by atoms with Gasteiger partial charge in [0.1, 0.15) is 0 Å². The van der Waals surface area contributed by atoms with Crippen LogP contribution >= 0.6 is 0 Å². The molecule has 0 aliphatic rings. The van der Waals surface area contributed by atoms with Crippen LogP contribution < -0.4 is 0 Å². The molecular formula is C18H18N4O3. The Morgan fingerprint density at radius 2 is 2.08 bits per heavy atom. The van der Waals surface area contributed by atoms with Gasteiger partial charge in [-0.1, -0.05) is 17.7 Å². The molecule has 0 atom stereocenters. The van der Waals surface area contributed by atoms with E-state index in [1.165, 1.54) is 10.5 Å². The van der Waals surface area contributed by atoms with E-state index in [9.17, 15) is 9.90 Å². The molecule has 25 heavy (non-hydrogen) atoms. The molecule has 0 bridgehead atoms. The van der Waals surface area contributed by atoms with Crippen LogP contribution in [0, 0.1) is 13.8 Å². The van der Waals surface area contributed by atoms with Crippen molar-refractivity contribution >= 4 is 23.1 Å². The number of pyridine rings is 1. The van der Waals surface area contributed by atoms with Crippen molar-refractivity contribution in [2.24, 2.45) is 10.2 Å². The zero-order valence-corrected chi connectivity index (χ0v) is 14.2. The van der Waals surface area contributed by atoms with E-state index < -0.39 is 5.97 Å². The first-order valence-electron chi connectivity index (χ1n) is 7.87. The average Bonchev–Trinajstić information content (AvgIpc) is 2.95. The maximum atomic E-state index is 12.2. The van der Waals surface area contributed by atoms with Gasteiger partial charge in [-0.3, -0.25) is 4.40 Å². The highest BCUT2D eigenvalue weighted by Crippen LogP contribution is 2.29. The van der Waals surface area contributed by atoms with E-state index in [1.54, 1.807) is 19.2 Å². The molecule has 0 unspecified atom stereocenters. The van der Waals surface area contributed by atoms with Crippen LogP contribution in [-0.4, -0.2) is 27.1 Å². The second-order valence-electron chi connectivity index (χ2n) is 5.58. The number of rotatable bonds is 4. The molecule has 0 aliphatic heterocycles. The lowest BCUT2D eigenvalue weighted by Gasteiger charge is -2.02. The monoisotopic (exact) mass is 338 g/mol. The second kappa shape index (κ2) is 6.72. The minimum atomic E-state index is -0.611. The number of azo groups is 1. The minimum absolute atomic E-state index is 0.0110. The lowest BCUT2D eigenvalue weighted by Crippen LogP contribution is -2.05. The Kier molecular flexibility index (Phi) is 4.47. The third kappa shape index (κ3) is 3.21. The van der Waals surface area contributed by atoms with Crippen molar-refractivity contribution in [2.75, 3.05) is 6.61 Å². The van der Waals surface area contributed by atoms with Crippen molar-refractivity contribution in [1.82, 2.24) is 9.38 Å². The standard InChI is InChI=1S/C18H18N4O3/c1-4-25-18(24)15-17(22-9-5-6-14(23)16(22)19-15)21-20-13-8-7-11(2)10-12(13)3/h5-10,23H,4H2,1-3H3. The van der Waals surface area contributed by atoms with Gasteiger partial charge < -0.3 is 9.84 Å². The number of nitrogens with zero attached hydrogens (tertiary/aromatic N) is 4. The molecule has 2 heterocycles. The predicted octanol–water partition coefficient (Wildman–Crippen LogP) is 4.25. The van der Waals surface area contributed by atoms with E-state index in [0.29, 0.717) is 5.69 Å². The number of carbonyl (C=O) groups is 1. The Hall–Kier alpha value is -3.22. The van der Waals surface area contributed by atoms with Gasteiger partial charge in [-0.25, -0.2) is 9.78 Å². The van der Waals surface area contributed by atoms with E-state index in [0.717, 1.165) is 11.1 Å². The van der Waals surface area contributed by atoms with Crippen molar-refractivity contribution in [3.05, 3.63) is 53.3 Å². The number of imidazole rings is 1. The first-order chi connectivity index (χ1) is 12.0. The van der Waals surface area contributed by atoms with Crippen LogP contribution in [0.25, 0.3) is 5.65 Å². The number of esters is 1. The van der Waals surface area contributed by atoms with Gasteiger partial charge in [0.05, 0.1) is 12.3 Å². The first-order valence-corrected chi connectivity index (χ1v) is 7.87. The number of aromatic nitrogens is 2. The van der Waals surface area contributed by atoms with E-state index in [-0.39, 0.29) is 29.5 Å². The highest BCUT2D eigenvalue weighted by molar-refractivity contribution is 5.93. The number of aromatic hydroxyl groups is 1. The van der Waals surface area contributed by atoms with Crippen LogP contribution in [0.2, 0.25) is 0 Å². The largest absolute Gasteiger partial charge is 0.504 e. The summed E-state index contributed by atoms with van der Waals surface area (Å²) < 4.78 is 6.54. The number of fused-ring (bicyclic) bond motifs is 1. The molecule has 3 aromatic rings. The first kappa shape index (κ1) is 16.6. The molecule has 1 N–H and O–H groups in total. The second-order valence-corrected chi connectivity index (χ2v) is 5.58. The number of carbonyl (C=O) groups excluding carboxylic acids is 1. The van der Waals surface area contributed by atoms with Crippen LogP contribution in [0.3, 0.4) is 0 Å². The number of hydrogen-bond donors (Lipinski definition) is 1. The summed E-state index contributed by atoms with van der Waals surface area (Å²) in [6.07, 6.45) is 1.65. The van der Waals surface area contributed by atoms with E-state index >= 15 is 0 Å². The Labute approximate surface area is 144 Å². The zero-order chi connectivity index (χ0) is 18.0. The fourth-order valence-corrected chi connectivity index (χ4v) is 2.49. The molecular weight excluding hydrogens is 320 g/mol. The molecule has 1 aromatic carbocycles. The molecule has 128 valence electrons. The SMILES string of the molecule is CCOC(=O)c1nc2c(O)cccn2c1N=Nc1ccc(C)cc1C. The number of benzene rings is 1. The molecule has 0 aliphatic carbocycles. The van der Waals surface area contributed by atoms with E-state index in [1.807, 2.05) is 32.0 Å². The molecule has 0 fully saturated rings. The molecule has 7 heteroatoms. The summed E-state index contributed by atoms with van der Waals surface area (Å²) in [7, 11) is 0. The van der Waals surface area contributed by atoms with Crippen molar-refractivity contribution in [3.63, 3.8) is 0 Å². The van der Waals surface area contributed by atoms with Gasteiger partial charge in [-0.2, -0.15) is 0 Å². The fraction of sp³-hybridized carbons (Fsp3) is 0.222. The van der Waals surface area contributed by atoms with Crippen molar-refractivity contribution < 1.29 is 14.6 Å². The molecule has 0 spiro atoms. The maximum Gasteiger partial charge on any atom is 0.360 e. The summed E-state index contributed by atoms with van der Waals surface area (Å²) in [5, 5.41) is 18.4. The number of hydrogen-bond acceptors (Lipinski definition) is 6. The zero-order valence-electron chi connectivity index (χ0n) is 14.2. The van der Waals surface area contributed by atoms with Crippen LogP contribution in [0.4, 0.5) is 11.5 Å². The maximum absolute atomic E-state index is 12.2. The van der Waals surface area contributed by atoms with Crippen molar-refractivity contribution in [3.8, 4) is 5.75 Å². The number of ether oxygens (including phenoxy) is 1. The van der Waals surface area contributed by atoms with Gasteiger partial charge >= 0.3 is 5.97 Å². The molecule has 0 saturated carbocycles. The lowest BCUT2D eigenvalue weighted by atomic mass is 10.1. The summed E-state index contributed by atoms with van der Waals surface area (Å²) >= 11 is 0. The van der Waals surface area contributed by atoms with E-state index in [2.05, 4.69) is 15.2 Å². The summed E-state index contributed by atoms with van der Waals surface area (Å²) in [6.45, 7) is 5.86. The highest BCUT2D eigenvalue weighted by atomic mass is 16.5. The molecule has 0 radical (unpaired) electrons. The van der Waals surface area contributed by atoms with Gasteiger partial charge in [-0.15, -0.1) is 10.2 Å². The number of aryl methyl sites for hydroxylation is 2. The van der Waals surface area contributed by atoms with Crippen molar-refractivity contribution in [2.45, 2.75) is 20.8 Å². The lowest BCUT2D eigenvalue weighted by molar-refractivity contribution is 0.0521. The van der Waals surface area contributed by atoms with Gasteiger partial charge in [0.25, 0.3) is 0 Å². The van der Waals surface area contributed by atoms with Gasteiger partial charge in [-0.05, 0) is 44.5 Å². The molecule has 2 aromatic heterocycles. The minimum Gasteiger partial charge on any atom is -0.504 e. The Bertz CT molecular complexity index is 976. The van der Waals surface area contributed by atoms with Crippen molar-refractivity contribution in [1.29, 1.82) is 0 Å².